The predicted molar refractivity (Wildman–Crippen MR) is 114 cm³/mol. The number of carbonyl (C=O) groups excluding carboxylic acids is 2. The first-order valence-electron chi connectivity index (χ1n) is 9.26. The van der Waals surface area contributed by atoms with E-state index in [1.165, 1.54) is 4.88 Å². The third-order valence-corrected chi connectivity index (χ3v) is 5.40. The quantitative estimate of drug-likeness (QED) is 0.640. The third kappa shape index (κ3) is 4.51. The van der Waals surface area contributed by atoms with Gasteiger partial charge in [0.1, 0.15) is 0 Å². The van der Waals surface area contributed by atoms with Crippen LogP contribution in [0.2, 0.25) is 0 Å². The van der Waals surface area contributed by atoms with Crippen LogP contribution in [0.5, 0.6) is 0 Å². The Morgan fingerprint density at radius 3 is 2.39 bits per heavy atom. The molecule has 6 heteroatoms. The van der Waals surface area contributed by atoms with E-state index < -0.39 is 0 Å². The lowest BCUT2D eigenvalue weighted by Gasteiger charge is -2.10. The van der Waals surface area contributed by atoms with Gasteiger partial charge in [0.25, 0.3) is 11.8 Å². The average molecular weight is 396 g/mol. The minimum Gasteiger partial charge on any atom is -0.350 e. The molecule has 146 valence electrons. The molecule has 0 aliphatic rings. The number of aryl methyl sites for hydroxylation is 1. The van der Waals surface area contributed by atoms with Gasteiger partial charge in [-0.2, -0.15) is 0 Å². The Morgan fingerprint density at radius 2 is 1.79 bits per heavy atom. The molecular weight excluding hydrogens is 370 g/mol. The summed E-state index contributed by atoms with van der Waals surface area (Å²) in [4.78, 5) is 26.0. The summed E-state index contributed by atoms with van der Waals surface area (Å²) in [6, 6.07) is 13.1. The van der Waals surface area contributed by atoms with Gasteiger partial charge in [-0.3, -0.25) is 9.59 Å². The molecule has 0 aliphatic heterocycles. The van der Waals surface area contributed by atoms with Crippen LogP contribution in [0.1, 0.15) is 50.8 Å². The molecule has 0 saturated heterocycles. The maximum Gasteiger partial charge on any atom is 0.257 e. The molecule has 3 rings (SSSR count). The molecule has 0 radical (unpaired) electrons. The van der Waals surface area contributed by atoms with Gasteiger partial charge in [-0.15, -0.1) is 11.3 Å². The van der Waals surface area contributed by atoms with Gasteiger partial charge in [0.05, 0.1) is 12.1 Å². The number of carbonyl (C=O) groups is 2. The van der Waals surface area contributed by atoms with Gasteiger partial charge in [0.15, 0.2) is 0 Å². The fourth-order valence-electron chi connectivity index (χ4n) is 3.08. The Morgan fingerprint density at radius 1 is 1.07 bits per heavy atom. The van der Waals surface area contributed by atoms with Crippen molar-refractivity contribution >= 4 is 28.8 Å². The zero-order chi connectivity index (χ0) is 20.3. The molecule has 1 aromatic carbocycles. The van der Waals surface area contributed by atoms with Crippen LogP contribution in [0.4, 0.5) is 5.69 Å². The zero-order valence-corrected chi connectivity index (χ0v) is 17.4. The highest BCUT2D eigenvalue weighted by molar-refractivity contribution is 7.09. The summed E-state index contributed by atoms with van der Waals surface area (Å²) >= 11 is 1.71. The van der Waals surface area contributed by atoms with Gasteiger partial charge in [-0.25, -0.2) is 0 Å². The van der Waals surface area contributed by atoms with Crippen LogP contribution in [-0.2, 0) is 6.54 Å². The van der Waals surface area contributed by atoms with Crippen LogP contribution in [0.3, 0.4) is 0 Å². The monoisotopic (exact) mass is 395 g/mol. The summed E-state index contributed by atoms with van der Waals surface area (Å²) in [7, 11) is 0. The minimum atomic E-state index is -0.148. The summed E-state index contributed by atoms with van der Waals surface area (Å²) in [5.74, 6) is -0.269. The van der Waals surface area contributed by atoms with E-state index in [0.717, 1.165) is 17.9 Å². The van der Waals surface area contributed by atoms with E-state index in [2.05, 4.69) is 26.6 Å². The lowest BCUT2D eigenvalue weighted by atomic mass is 10.1. The number of hydrogen-bond acceptors (Lipinski definition) is 3. The van der Waals surface area contributed by atoms with E-state index in [9.17, 15) is 9.59 Å². The van der Waals surface area contributed by atoms with Crippen molar-refractivity contribution in [3.63, 3.8) is 0 Å². The second-order valence-corrected chi connectivity index (χ2v) is 8.14. The molecule has 0 spiro atoms. The highest BCUT2D eigenvalue weighted by Gasteiger charge is 2.16. The molecule has 28 heavy (non-hydrogen) atoms. The molecule has 2 amide bonds. The van der Waals surface area contributed by atoms with Crippen molar-refractivity contribution in [2.24, 2.45) is 0 Å². The fourth-order valence-corrected chi connectivity index (χ4v) is 3.77. The number of thiophene rings is 1. The molecule has 2 aromatic heterocycles. The number of aromatic nitrogens is 1. The number of nitrogens with one attached hydrogen (secondary N) is 2. The predicted octanol–water partition coefficient (Wildman–Crippen LogP) is 4.61. The van der Waals surface area contributed by atoms with Crippen LogP contribution in [-0.4, -0.2) is 22.4 Å². The largest absolute Gasteiger partial charge is 0.350 e. The summed E-state index contributed by atoms with van der Waals surface area (Å²) in [5, 5.41) is 7.83. The minimum absolute atomic E-state index is 0.0799. The average Bonchev–Trinajstić information content (AvgIpc) is 3.25. The van der Waals surface area contributed by atoms with Crippen LogP contribution in [0.15, 0.2) is 47.8 Å². The van der Waals surface area contributed by atoms with Crippen molar-refractivity contribution in [2.75, 3.05) is 5.32 Å². The van der Waals surface area contributed by atoms with E-state index in [0.29, 0.717) is 16.8 Å². The maximum atomic E-state index is 12.8. The summed E-state index contributed by atoms with van der Waals surface area (Å²) < 4.78 is 2.15. The highest BCUT2D eigenvalue weighted by atomic mass is 32.1. The second kappa shape index (κ2) is 8.44. The second-order valence-electron chi connectivity index (χ2n) is 7.11. The number of nitrogens with zero attached hydrogens (tertiary/aromatic N) is 1. The number of hydrogen-bond donors (Lipinski definition) is 2. The Bertz CT molecular complexity index is 970. The maximum absolute atomic E-state index is 12.8. The summed E-state index contributed by atoms with van der Waals surface area (Å²) in [6.45, 7) is 8.58. The molecule has 0 saturated carbocycles. The van der Waals surface area contributed by atoms with Crippen molar-refractivity contribution in [1.29, 1.82) is 0 Å². The fraction of sp³-hybridized carbons (Fsp3) is 0.273. The van der Waals surface area contributed by atoms with Crippen molar-refractivity contribution in [3.05, 3.63) is 75.2 Å². The standard InChI is InChI=1S/C22H25N3O2S/c1-14(2)23-21(26)17-7-9-18(10-8-17)24-22(27)20-12-15(3)25(16(20)4)13-19-6-5-11-28-19/h5-12,14H,13H2,1-4H3,(H,23,26)(H,24,27). The smallest absolute Gasteiger partial charge is 0.257 e. The Kier molecular flexibility index (Phi) is 5.99. The first-order chi connectivity index (χ1) is 13.3. The first kappa shape index (κ1) is 19.9. The number of amides is 2. The SMILES string of the molecule is Cc1cc(C(=O)Nc2ccc(C(=O)NC(C)C)cc2)c(C)n1Cc1cccs1. The molecule has 0 fully saturated rings. The first-order valence-corrected chi connectivity index (χ1v) is 10.1. The van der Waals surface area contributed by atoms with E-state index in [1.807, 2.05) is 39.8 Å². The summed E-state index contributed by atoms with van der Waals surface area (Å²) in [5.41, 5.74) is 3.89. The van der Waals surface area contributed by atoms with E-state index in [-0.39, 0.29) is 17.9 Å². The van der Waals surface area contributed by atoms with Crippen molar-refractivity contribution in [3.8, 4) is 0 Å². The molecule has 2 N–H and O–H groups in total. The molecule has 0 aliphatic carbocycles. The van der Waals surface area contributed by atoms with E-state index in [4.69, 9.17) is 0 Å². The van der Waals surface area contributed by atoms with Gasteiger partial charge >= 0.3 is 0 Å². The van der Waals surface area contributed by atoms with Gasteiger partial charge in [0, 0.05) is 33.6 Å². The molecule has 5 nitrogen and oxygen atoms in total. The number of benzene rings is 1. The molecular formula is C22H25N3O2S. The lowest BCUT2D eigenvalue weighted by Crippen LogP contribution is -2.30. The molecule has 3 aromatic rings. The third-order valence-electron chi connectivity index (χ3n) is 4.54. The highest BCUT2D eigenvalue weighted by Crippen LogP contribution is 2.20. The molecule has 0 unspecified atom stereocenters. The van der Waals surface area contributed by atoms with E-state index >= 15 is 0 Å². The topological polar surface area (TPSA) is 63.1 Å². The van der Waals surface area contributed by atoms with Gasteiger partial charge < -0.3 is 15.2 Å². The van der Waals surface area contributed by atoms with Crippen molar-refractivity contribution in [2.45, 2.75) is 40.3 Å². The Balaban J connectivity index is 1.72. The van der Waals surface area contributed by atoms with Gasteiger partial charge in [0.2, 0.25) is 0 Å². The Hall–Kier alpha value is -2.86. The van der Waals surface area contributed by atoms with Gasteiger partial charge in [-0.1, -0.05) is 6.07 Å². The lowest BCUT2D eigenvalue weighted by molar-refractivity contribution is 0.0942. The van der Waals surface area contributed by atoms with Crippen LogP contribution < -0.4 is 10.6 Å². The number of anilines is 1. The number of rotatable bonds is 6. The normalized spacial score (nSPS) is 10.9. The molecule has 0 bridgehead atoms. The van der Waals surface area contributed by atoms with Crippen molar-refractivity contribution in [1.82, 2.24) is 9.88 Å². The Labute approximate surface area is 169 Å². The summed E-state index contributed by atoms with van der Waals surface area (Å²) in [6.07, 6.45) is 0. The van der Waals surface area contributed by atoms with Crippen LogP contribution in [0.25, 0.3) is 0 Å². The van der Waals surface area contributed by atoms with Gasteiger partial charge in [-0.05, 0) is 69.5 Å². The molecule has 2 heterocycles. The van der Waals surface area contributed by atoms with E-state index in [1.54, 1.807) is 35.6 Å². The molecule has 0 atom stereocenters. The van der Waals surface area contributed by atoms with Crippen LogP contribution in [0, 0.1) is 13.8 Å². The van der Waals surface area contributed by atoms with Crippen molar-refractivity contribution < 1.29 is 9.59 Å². The zero-order valence-electron chi connectivity index (χ0n) is 16.6. The van der Waals surface area contributed by atoms with Crippen LogP contribution >= 0.6 is 11.3 Å².